The summed E-state index contributed by atoms with van der Waals surface area (Å²) in [5, 5.41) is 6.47. The Labute approximate surface area is 253 Å². The van der Waals surface area contributed by atoms with Crippen LogP contribution in [0.4, 0.5) is 27.7 Å². The van der Waals surface area contributed by atoms with Gasteiger partial charge in [0.1, 0.15) is 23.3 Å². The number of carbonyl (C=O) groups is 2. The third-order valence-corrected chi connectivity index (χ3v) is 7.37. The first-order valence-corrected chi connectivity index (χ1v) is 14.9. The van der Waals surface area contributed by atoms with Gasteiger partial charge in [-0.1, -0.05) is 6.07 Å². The number of aromatic nitrogens is 1. The number of hydrogen-bond donors (Lipinski definition) is 2. The van der Waals surface area contributed by atoms with Crippen LogP contribution in [0, 0.1) is 6.92 Å². The van der Waals surface area contributed by atoms with E-state index in [1.807, 2.05) is 76.2 Å². The van der Waals surface area contributed by atoms with Crippen LogP contribution in [0.15, 0.2) is 60.8 Å². The lowest BCUT2D eigenvalue weighted by molar-refractivity contribution is 0.0126. The molecule has 2 aliphatic rings. The number of piperidine rings is 1. The molecule has 228 valence electrons. The quantitative estimate of drug-likeness (QED) is 0.347. The minimum Gasteiger partial charge on any atom is -0.490 e. The summed E-state index contributed by atoms with van der Waals surface area (Å²) >= 11 is 0. The maximum Gasteiger partial charge on any atom is 0.410 e. The SMILES string of the molecule is Cc1ccc(NC(=O)c2ccnc(N3CCOCC3)c2)cc1Nc1ccc(OC2CCN(C(=O)OC(C)(C)C)CC2)cc1. The van der Waals surface area contributed by atoms with Crippen molar-refractivity contribution >= 4 is 34.9 Å². The van der Waals surface area contributed by atoms with Gasteiger partial charge in [0.2, 0.25) is 0 Å². The Balaban J connectivity index is 1.15. The average molecular weight is 588 g/mol. The number of nitrogens with zero attached hydrogens (tertiary/aromatic N) is 3. The van der Waals surface area contributed by atoms with E-state index in [1.165, 1.54) is 0 Å². The molecule has 10 heteroatoms. The van der Waals surface area contributed by atoms with Gasteiger partial charge in [-0.15, -0.1) is 0 Å². The van der Waals surface area contributed by atoms with Crippen LogP contribution in [0.1, 0.15) is 49.5 Å². The maximum absolute atomic E-state index is 13.1. The average Bonchev–Trinajstić information content (AvgIpc) is 3.00. The molecule has 0 radical (unpaired) electrons. The van der Waals surface area contributed by atoms with E-state index in [2.05, 4.69) is 20.5 Å². The third kappa shape index (κ3) is 8.38. The third-order valence-electron chi connectivity index (χ3n) is 7.37. The van der Waals surface area contributed by atoms with Gasteiger partial charge < -0.3 is 34.6 Å². The second kappa shape index (κ2) is 13.3. The molecule has 0 saturated carbocycles. The van der Waals surface area contributed by atoms with Crippen molar-refractivity contribution in [1.29, 1.82) is 0 Å². The number of aryl methyl sites for hydroxylation is 1. The summed E-state index contributed by atoms with van der Waals surface area (Å²) in [5.41, 5.74) is 3.60. The molecule has 2 fully saturated rings. The molecule has 2 aromatic carbocycles. The van der Waals surface area contributed by atoms with Crippen LogP contribution >= 0.6 is 0 Å². The maximum atomic E-state index is 13.1. The van der Waals surface area contributed by atoms with Crippen LogP contribution in [-0.4, -0.2) is 73.0 Å². The molecule has 3 aromatic rings. The lowest BCUT2D eigenvalue weighted by atomic mass is 10.1. The molecule has 0 atom stereocenters. The summed E-state index contributed by atoms with van der Waals surface area (Å²) in [6, 6.07) is 17.2. The molecule has 0 spiro atoms. The van der Waals surface area contributed by atoms with Crippen molar-refractivity contribution in [3.05, 3.63) is 71.9 Å². The van der Waals surface area contributed by atoms with Gasteiger partial charge in [-0.05, 0) is 81.8 Å². The zero-order chi connectivity index (χ0) is 30.4. The van der Waals surface area contributed by atoms with Crippen LogP contribution in [0.2, 0.25) is 0 Å². The largest absolute Gasteiger partial charge is 0.490 e. The molecule has 43 heavy (non-hydrogen) atoms. The van der Waals surface area contributed by atoms with Gasteiger partial charge in [-0.3, -0.25) is 4.79 Å². The number of pyridine rings is 1. The highest BCUT2D eigenvalue weighted by atomic mass is 16.6. The van der Waals surface area contributed by atoms with Crippen LogP contribution < -0.4 is 20.3 Å². The van der Waals surface area contributed by atoms with Gasteiger partial charge in [0.05, 0.1) is 13.2 Å². The number of amides is 2. The molecule has 0 aliphatic carbocycles. The second-order valence-corrected chi connectivity index (χ2v) is 11.9. The molecule has 3 heterocycles. The highest BCUT2D eigenvalue weighted by Crippen LogP contribution is 2.27. The van der Waals surface area contributed by atoms with Crippen molar-refractivity contribution in [3.8, 4) is 5.75 Å². The van der Waals surface area contributed by atoms with Gasteiger partial charge in [0.15, 0.2) is 0 Å². The zero-order valence-corrected chi connectivity index (χ0v) is 25.4. The molecular formula is C33H41N5O5. The normalized spacial score (nSPS) is 16.0. The Morgan fingerprint density at radius 1 is 0.930 bits per heavy atom. The minimum atomic E-state index is -0.498. The van der Waals surface area contributed by atoms with E-state index in [0.717, 1.165) is 54.4 Å². The second-order valence-electron chi connectivity index (χ2n) is 11.9. The minimum absolute atomic E-state index is 0.0466. The van der Waals surface area contributed by atoms with E-state index >= 15 is 0 Å². The van der Waals surface area contributed by atoms with Crippen molar-refractivity contribution in [2.75, 3.05) is 54.9 Å². The fourth-order valence-electron chi connectivity index (χ4n) is 5.01. The molecule has 1 aromatic heterocycles. The van der Waals surface area contributed by atoms with Gasteiger partial charge in [0, 0.05) is 67.8 Å². The van der Waals surface area contributed by atoms with Crippen LogP contribution in [0.3, 0.4) is 0 Å². The Morgan fingerprint density at radius 2 is 1.63 bits per heavy atom. The smallest absolute Gasteiger partial charge is 0.410 e. The number of anilines is 4. The highest BCUT2D eigenvalue weighted by molar-refractivity contribution is 6.05. The van der Waals surface area contributed by atoms with Crippen LogP contribution in [0.25, 0.3) is 0 Å². The van der Waals surface area contributed by atoms with E-state index in [-0.39, 0.29) is 18.1 Å². The molecule has 2 aliphatic heterocycles. The van der Waals surface area contributed by atoms with E-state index in [9.17, 15) is 9.59 Å². The van der Waals surface area contributed by atoms with Gasteiger partial charge in [-0.2, -0.15) is 0 Å². The lowest BCUT2D eigenvalue weighted by Crippen LogP contribution is -2.44. The van der Waals surface area contributed by atoms with Crippen LogP contribution in [-0.2, 0) is 9.47 Å². The summed E-state index contributed by atoms with van der Waals surface area (Å²) in [6.45, 7) is 11.7. The standard InChI is InChI=1S/C33H41N5O5/c1-23-5-6-26(36-31(39)24-11-14-34-30(21-24)37-17-19-41-20-18-37)22-29(23)35-25-7-9-27(10-8-25)42-28-12-15-38(16-13-28)32(40)43-33(2,3)4/h5-11,14,21-22,28,35H,12-13,15-20H2,1-4H3,(H,36,39). The number of ether oxygens (including phenoxy) is 3. The molecule has 10 nitrogen and oxygen atoms in total. The molecule has 0 unspecified atom stereocenters. The summed E-state index contributed by atoms with van der Waals surface area (Å²) < 4.78 is 17.1. The van der Waals surface area contributed by atoms with Crippen molar-refractivity contribution in [1.82, 2.24) is 9.88 Å². The number of likely N-dealkylation sites (tertiary alicyclic amines) is 1. The topological polar surface area (TPSA) is 105 Å². The molecule has 5 rings (SSSR count). The summed E-state index contributed by atoms with van der Waals surface area (Å²) in [7, 11) is 0. The summed E-state index contributed by atoms with van der Waals surface area (Å²) in [4.78, 5) is 33.7. The highest BCUT2D eigenvalue weighted by Gasteiger charge is 2.27. The Bertz CT molecular complexity index is 1410. The number of benzene rings is 2. The fourth-order valence-corrected chi connectivity index (χ4v) is 5.01. The summed E-state index contributed by atoms with van der Waals surface area (Å²) in [6.07, 6.45) is 2.96. The Morgan fingerprint density at radius 3 is 2.33 bits per heavy atom. The molecule has 2 saturated heterocycles. The number of carbonyl (C=O) groups excluding carboxylic acids is 2. The monoisotopic (exact) mass is 587 g/mol. The van der Waals surface area contributed by atoms with E-state index in [4.69, 9.17) is 14.2 Å². The predicted octanol–water partition coefficient (Wildman–Crippen LogP) is 6.00. The Kier molecular flexibility index (Phi) is 9.35. The van der Waals surface area contributed by atoms with Gasteiger partial charge >= 0.3 is 6.09 Å². The van der Waals surface area contributed by atoms with Crippen molar-refractivity contribution in [3.63, 3.8) is 0 Å². The molecule has 2 amide bonds. The van der Waals surface area contributed by atoms with E-state index < -0.39 is 5.60 Å². The van der Waals surface area contributed by atoms with Gasteiger partial charge in [0.25, 0.3) is 5.91 Å². The van der Waals surface area contributed by atoms with Crippen LogP contribution in [0.5, 0.6) is 5.75 Å². The predicted molar refractivity (Wildman–Crippen MR) is 168 cm³/mol. The fraction of sp³-hybridized carbons (Fsp3) is 0.424. The van der Waals surface area contributed by atoms with E-state index in [0.29, 0.717) is 37.6 Å². The Hall–Kier alpha value is -4.31. The number of hydrogen-bond acceptors (Lipinski definition) is 8. The number of rotatable bonds is 7. The van der Waals surface area contributed by atoms with Crippen molar-refractivity contribution < 1.29 is 23.8 Å². The van der Waals surface area contributed by atoms with Crippen molar-refractivity contribution in [2.24, 2.45) is 0 Å². The van der Waals surface area contributed by atoms with Gasteiger partial charge in [-0.25, -0.2) is 9.78 Å². The molecular weight excluding hydrogens is 546 g/mol. The van der Waals surface area contributed by atoms with Crippen molar-refractivity contribution in [2.45, 2.75) is 52.2 Å². The molecule has 0 bridgehead atoms. The first kappa shape index (κ1) is 30.2. The zero-order valence-electron chi connectivity index (χ0n) is 25.4. The lowest BCUT2D eigenvalue weighted by Gasteiger charge is -2.33. The summed E-state index contributed by atoms with van der Waals surface area (Å²) in [5.74, 6) is 1.37. The first-order valence-electron chi connectivity index (χ1n) is 14.9. The van der Waals surface area contributed by atoms with E-state index in [1.54, 1.807) is 17.2 Å². The first-order chi connectivity index (χ1) is 20.6. The molecule has 2 N–H and O–H groups in total. The number of morpholine rings is 1. The number of nitrogens with one attached hydrogen (secondary N) is 2.